The third-order valence-corrected chi connectivity index (χ3v) is 5.05. The van der Waals surface area contributed by atoms with Crippen LogP contribution in [0, 0.1) is 13.8 Å². The fourth-order valence-electron chi connectivity index (χ4n) is 2.77. The normalized spacial score (nSPS) is 11.6. The monoisotopic (exact) mass is 418 g/mol. The van der Waals surface area contributed by atoms with Gasteiger partial charge in [-0.25, -0.2) is 0 Å². The average Bonchev–Trinajstić information content (AvgIpc) is 2.71. The lowest BCUT2D eigenvalue weighted by molar-refractivity contribution is -0.169. The van der Waals surface area contributed by atoms with Gasteiger partial charge < -0.3 is 14.4 Å². The number of hydrogen-bond acceptors (Lipinski definition) is 6. The van der Waals surface area contributed by atoms with Gasteiger partial charge in [-0.15, -0.1) is 0 Å². The number of halogens is 1. The summed E-state index contributed by atoms with van der Waals surface area (Å²) < 4.78 is 4.71. The maximum absolute atomic E-state index is 11.6. The molecule has 29 heavy (non-hydrogen) atoms. The van der Waals surface area contributed by atoms with Crippen LogP contribution >= 0.6 is 11.6 Å². The fraction of sp³-hybridized carbons (Fsp3) is 0.364. The highest BCUT2D eigenvalue weighted by Gasteiger charge is 2.15. The van der Waals surface area contributed by atoms with Gasteiger partial charge in [0.1, 0.15) is 13.2 Å². The van der Waals surface area contributed by atoms with Gasteiger partial charge in [0.2, 0.25) is 0 Å². The molecule has 0 aliphatic rings. The molecule has 156 valence electrons. The van der Waals surface area contributed by atoms with Gasteiger partial charge in [-0.2, -0.15) is 5.06 Å². The van der Waals surface area contributed by atoms with E-state index in [1.165, 1.54) is 19.3 Å². The number of rotatable bonds is 9. The molecule has 0 spiro atoms. The van der Waals surface area contributed by atoms with E-state index in [0.717, 1.165) is 33.5 Å². The number of esters is 1. The van der Waals surface area contributed by atoms with Crippen LogP contribution in [0.4, 0.5) is 0 Å². The van der Waals surface area contributed by atoms with Crippen molar-refractivity contribution in [2.45, 2.75) is 33.9 Å². The Balaban J connectivity index is 2.12. The second-order valence-corrected chi connectivity index (χ2v) is 7.09. The highest BCUT2D eigenvalue weighted by Crippen LogP contribution is 2.19. The smallest absolute Gasteiger partial charge is 0.322 e. The largest absolute Gasteiger partial charge is 0.468 e. The minimum absolute atomic E-state index is 0.0344. The van der Waals surface area contributed by atoms with E-state index in [0.29, 0.717) is 18.2 Å². The summed E-state index contributed by atoms with van der Waals surface area (Å²) in [6.07, 6.45) is 0. The molecule has 0 amide bonds. The van der Waals surface area contributed by atoms with E-state index in [1.807, 2.05) is 57.2 Å². The highest BCUT2D eigenvalue weighted by atomic mass is 35.5. The molecular formula is C22H27ClN2O4. The molecule has 7 heteroatoms. The van der Waals surface area contributed by atoms with Crippen molar-refractivity contribution in [3.05, 3.63) is 69.2 Å². The van der Waals surface area contributed by atoms with Crippen molar-refractivity contribution >= 4 is 23.3 Å². The van der Waals surface area contributed by atoms with E-state index in [1.54, 1.807) is 0 Å². The first kappa shape index (κ1) is 22.9. The molecule has 0 fully saturated rings. The molecule has 0 aliphatic carbocycles. The predicted molar refractivity (Wildman–Crippen MR) is 114 cm³/mol. The van der Waals surface area contributed by atoms with Gasteiger partial charge in [-0.1, -0.05) is 47.1 Å². The molecule has 2 aromatic rings. The Morgan fingerprint density at radius 3 is 2.55 bits per heavy atom. The molecule has 0 radical (unpaired) electrons. The Hall–Kier alpha value is -2.41. The van der Waals surface area contributed by atoms with Crippen LogP contribution in [0.1, 0.15) is 34.7 Å². The lowest BCUT2D eigenvalue weighted by atomic mass is 10.0. The molecule has 2 rings (SSSR count). The van der Waals surface area contributed by atoms with Crippen molar-refractivity contribution in [1.29, 1.82) is 0 Å². The Labute approximate surface area is 177 Å². The zero-order valence-electron chi connectivity index (χ0n) is 17.5. The van der Waals surface area contributed by atoms with Crippen molar-refractivity contribution in [3.63, 3.8) is 0 Å². The van der Waals surface area contributed by atoms with Gasteiger partial charge in [0, 0.05) is 10.6 Å². The van der Waals surface area contributed by atoms with Crippen molar-refractivity contribution in [2.75, 3.05) is 20.8 Å². The zero-order valence-corrected chi connectivity index (χ0v) is 18.2. The van der Waals surface area contributed by atoms with Crippen LogP contribution < -0.4 is 0 Å². The molecule has 0 aliphatic heterocycles. The van der Waals surface area contributed by atoms with Crippen LogP contribution in [0.15, 0.2) is 41.6 Å². The van der Waals surface area contributed by atoms with Crippen LogP contribution in [-0.4, -0.2) is 37.5 Å². The number of aryl methyl sites for hydroxylation is 2. The van der Waals surface area contributed by atoms with Gasteiger partial charge in [-0.05, 0) is 49.1 Å². The van der Waals surface area contributed by atoms with Crippen LogP contribution in [-0.2, 0) is 32.4 Å². The molecule has 0 unspecified atom stereocenters. The highest BCUT2D eigenvalue weighted by molar-refractivity contribution is 6.31. The zero-order chi connectivity index (χ0) is 21.4. The number of nitrogens with zero attached hydrogens (tertiary/aromatic N) is 2. The van der Waals surface area contributed by atoms with Gasteiger partial charge in [0.05, 0.1) is 26.5 Å². The van der Waals surface area contributed by atoms with Gasteiger partial charge >= 0.3 is 5.97 Å². The van der Waals surface area contributed by atoms with E-state index < -0.39 is 0 Å². The first-order chi connectivity index (χ1) is 13.8. The van der Waals surface area contributed by atoms with Gasteiger partial charge in [0.25, 0.3) is 0 Å². The quantitative estimate of drug-likeness (QED) is 0.342. The standard InChI is InChI=1S/C22H27ClN2O4/c1-15-7-6-8-19(12-25(28-5)13-22(26)27-4)20(15)14-29-24-17(3)18-10-9-16(2)21(23)11-18/h6-11H,12-14H2,1-5H3/b24-17+. The molecular weight excluding hydrogens is 392 g/mol. The summed E-state index contributed by atoms with van der Waals surface area (Å²) in [4.78, 5) is 22.5. The van der Waals surface area contributed by atoms with E-state index in [4.69, 9.17) is 26.0 Å². The number of carbonyl (C=O) groups is 1. The average molecular weight is 419 g/mol. The third-order valence-electron chi connectivity index (χ3n) is 4.65. The SMILES string of the molecule is COC(=O)CN(Cc1cccc(C)c1CO/N=C(\C)c1ccc(C)c(Cl)c1)OC. The lowest BCUT2D eigenvalue weighted by Crippen LogP contribution is -2.29. The number of ether oxygens (including phenoxy) is 1. The summed E-state index contributed by atoms with van der Waals surface area (Å²) in [5.74, 6) is -0.366. The molecule has 0 atom stereocenters. The lowest BCUT2D eigenvalue weighted by Gasteiger charge is -2.20. The van der Waals surface area contributed by atoms with Gasteiger partial charge in [0.15, 0.2) is 0 Å². The van der Waals surface area contributed by atoms with Crippen LogP contribution in [0.3, 0.4) is 0 Å². The molecule has 0 saturated carbocycles. The van der Waals surface area contributed by atoms with E-state index in [-0.39, 0.29) is 12.5 Å². The number of methoxy groups -OCH3 is 1. The Kier molecular flexibility index (Phi) is 8.64. The predicted octanol–water partition coefficient (Wildman–Crippen LogP) is 4.43. The molecule has 0 heterocycles. The second kappa shape index (κ2) is 11.0. The number of hydroxylamine groups is 2. The maximum atomic E-state index is 11.6. The van der Waals surface area contributed by atoms with Crippen LogP contribution in [0.25, 0.3) is 0 Å². The summed E-state index contributed by atoms with van der Waals surface area (Å²) in [7, 11) is 2.87. The minimum atomic E-state index is -0.366. The number of oxime groups is 1. The second-order valence-electron chi connectivity index (χ2n) is 6.68. The van der Waals surface area contributed by atoms with E-state index in [2.05, 4.69) is 5.16 Å². The summed E-state index contributed by atoms with van der Waals surface area (Å²) in [5, 5.41) is 6.48. The molecule has 0 saturated heterocycles. The Morgan fingerprint density at radius 1 is 1.14 bits per heavy atom. The van der Waals surface area contributed by atoms with Crippen LogP contribution in [0.2, 0.25) is 5.02 Å². The van der Waals surface area contributed by atoms with Crippen molar-refractivity contribution in [3.8, 4) is 0 Å². The first-order valence-electron chi connectivity index (χ1n) is 9.22. The molecule has 2 aromatic carbocycles. The Morgan fingerprint density at radius 2 is 1.90 bits per heavy atom. The van der Waals surface area contributed by atoms with Crippen molar-refractivity contribution in [2.24, 2.45) is 5.16 Å². The summed E-state index contributed by atoms with van der Waals surface area (Å²) in [5.41, 5.74) is 5.73. The number of hydrogen-bond donors (Lipinski definition) is 0. The van der Waals surface area contributed by atoms with Gasteiger partial charge in [-0.3, -0.25) is 4.79 Å². The molecule has 0 bridgehead atoms. The molecule has 0 N–H and O–H groups in total. The fourth-order valence-corrected chi connectivity index (χ4v) is 2.95. The number of carbonyl (C=O) groups excluding carboxylic acids is 1. The topological polar surface area (TPSA) is 60.4 Å². The summed E-state index contributed by atoms with van der Waals surface area (Å²) in [6, 6.07) is 11.7. The third kappa shape index (κ3) is 6.56. The summed E-state index contributed by atoms with van der Waals surface area (Å²) >= 11 is 6.19. The number of benzene rings is 2. The molecule has 0 aromatic heterocycles. The first-order valence-corrected chi connectivity index (χ1v) is 9.59. The maximum Gasteiger partial charge on any atom is 0.322 e. The summed E-state index contributed by atoms with van der Waals surface area (Å²) in [6.45, 7) is 6.60. The molecule has 6 nitrogen and oxygen atoms in total. The van der Waals surface area contributed by atoms with Crippen LogP contribution in [0.5, 0.6) is 0 Å². The minimum Gasteiger partial charge on any atom is -0.468 e. The van der Waals surface area contributed by atoms with Crippen molar-refractivity contribution in [1.82, 2.24) is 5.06 Å². The van der Waals surface area contributed by atoms with E-state index in [9.17, 15) is 4.79 Å². The Bertz CT molecular complexity index is 883. The van der Waals surface area contributed by atoms with E-state index >= 15 is 0 Å². The van der Waals surface area contributed by atoms with Crippen molar-refractivity contribution < 1.29 is 19.2 Å².